The maximum Gasteiger partial charge on any atom is 0.191 e. The number of aliphatic imine (C=N–C) groups is 1. The summed E-state index contributed by atoms with van der Waals surface area (Å²) < 4.78 is 22.9. The van der Waals surface area contributed by atoms with Gasteiger partial charge in [-0.1, -0.05) is 38.8 Å². The summed E-state index contributed by atoms with van der Waals surface area (Å²) in [7, 11) is -1.39. The Kier molecular flexibility index (Phi) is 8.25. The van der Waals surface area contributed by atoms with Gasteiger partial charge in [-0.25, -0.2) is 8.42 Å². The number of benzene rings is 1. The summed E-state index contributed by atoms with van der Waals surface area (Å²) in [5.74, 6) is 1.50. The Bertz CT molecular complexity index is 622. The molecule has 0 radical (unpaired) electrons. The fourth-order valence-corrected chi connectivity index (χ4v) is 3.00. The summed E-state index contributed by atoms with van der Waals surface area (Å²) in [4.78, 5) is 4.58. The molecule has 1 atom stereocenters. The Morgan fingerprint density at radius 1 is 1.12 bits per heavy atom. The van der Waals surface area contributed by atoms with E-state index in [2.05, 4.69) is 36.4 Å². The third-order valence-electron chi connectivity index (χ3n) is 3.84. The van der Waals surface area contributed by atoms with Gasteiger partial charge < -0.3 is 10.6 Å². The highest BCUT2D eigenvalue weighted by molar-refractivity contribution is 7.90. The van der Waals surface area contributed by atoms with Crippen LogP contribution < -0.4 is 10.6 Å². The Morgan fingerprint density at radius 2 is 1.75 bits per heavy atom. The van der Waals surface area contributed by atoms with E-state index in [1.165, 1.54) is 19.1 Å². The first-order valence-corrected chi connectivity index (χ1v) is 10.4. The van der Waals surface area contributed by atoms with Crippen molar-refractivity contribution in [3.8, 4) is 0 Å². The lowest BCUT2D eigenvalue weighted by Crippen LogP contribution is -2.41. The molecule has 0 saturated heterocycles. The third-order valence-corrected chi connectivity index (χ3v) is 4.97. The van der Waals surface area contributed by atoms with Gasteiger partial charge in [-0.05, 0) is 37.0 Å². The minimum absolute atomic E-state index is 0.340. The molecule has 0 bridgehead atoms. The minimum Gasteiger partial charge on any atom is -0.354 e. The summed E-state index contributed by atoms with van der Waals surface area (Å²) in [5.41, 5.74) is 1.01. The predicted octanol–water partition coefficient (Wildman–Crippen LogP) is 2.97. The van der Waals surface area contributed by atoms with Gasteiger partial charge in [0.15, 0.2) is 15.8 Å². The lowest BCUT2D eigenvalue weighted by atomic mass is 10.0. The average Bonchev–Trinajstić information content (AvgIpc) is 2.50. The number of sulfone groups is 1. The van der Waals surface area contributed by atoms with Crippen molar-refractivity contribution in [2.75, 3.05) is 13.3 Å². The first-order valence-electron chi connectivity index (χ1n) is 8.48. The van der Waals surface area contributed by atoms with Crippen molar-refractivity contribution in [2.45, 2.75) is 57.5 Å². The van der Waals surface area contributed by atoms with Crippen molar-refractivity contribution in [3.63, 3.8) is 0 Å². The summed E-state index contributed by atoms with van der Waals surface area (Å²) in [5, 5.41) is 6.65. The van der Waals surface area contributed by atoms with Crippen LogP contribution in [0.3, 0.4) is 0 Å². The van der Waals surface area contributed by atoms with Gasteiger partial charge in [0.05, 0.1) is 4.90 Å². The van der Waals surface area contributed by atoms with E-state index in [-0.39, 0.29) is 0 Å². The first-order chi connectivity index (χ1) is 11.2. The molecule has 0 aliphatic carbocycles. The first kappa shape index (κ1) is 20.5. The predicted molar refractivity (Wildman–Crippen MR) is 101 cm³/mol. The van der Waals surface area contributed by atoms with Crippen LogP contribution in [-0.2, 0) is 16.4 Å². The molecule has 0 spiro atoms. The zero-order chi connectivity index (χ0) is 18.2. The molecule has 1 rings (SSSR count). The summed E-state index contributed by atoms with van der Waals surface area (Å²) in [6.45, 7) is 7.25. The molecule has 5 nitrogen and oxygen atoms in total. The van der Waals surface area contributed by atoms with E-state index in [4.69, 9.17) is 0 Å². The SMILES string of the molecule is CN=C(NCc1ccc(S(C)(=O)=O)cc1)NC(C)CCCC(C)C. The minimum atomic E-state index is -3.14. The fourth-order valence-electron chi connectivity index (χ4n) is 2.37. The van der Waals surface area contributed by atoms with Crippen molar-refractivity contribution in [3.05, 3.63) is 29.8 Å². The standard InChI is InChI=1S/C18H31N3O2S/c1-14(2)7-6-8-15(3)21-18(19-4)20-13-16-9-11-17(12-10-16)24(5,22)23/h9-12,14-15H,6-8,13H2,1-5H3,(H2,19,20,21). The van der Waals surface area contributed by atoms with Crippen LogP contribution in [0.25, 0.3) is 0 Å². The highest BCUT2D eigenvalue weighted by Gasteiger charge is 2.08. The van der Waals surface area contributed by atoms with E-state index in [1.54, 1.807) is 19.2 Å². The number of hydrogen-bond donors (Lipinski definition) is 2. The topological polar surface area (TPSA) is 70.6 Å². The number of guanidine groups is 1. The summed E-state index contributed by atoms with van der Waals surface area (Å²) in [6.07, 6.45) is 4.77. The highest BCUT2D eigenvalue weighted by Crippen LogP contribution is 2.10. The van der Waals surface area contributed by atoms with E-state index in [0.717, 1.165) is 23.9 Å². The van der Waals surface area contributed by atoms with Crippen LogP contribution in [0.2, 0.25) is 0 Å². The van der Waals surface area contributed by atoms with E-state index >= 15 is 0 Å². The molecule has 1 unspecified atom stereocenters. The molecule has 2 N–H and O–H groups in total. The lowest BCUT2D eigenvalue weighted by Gasteiger charge is -2.18. The highest BCUT2D eigenvalue weighted by atomic mass is 32.2. The summed E-state index contributed by atoms with van der Waals surface area (Å²) >= 11 is 0. The molecular formula is C18H31N3O2S. The molecule has 1 aromatic carbocycles. The van der Waals surface area contributed by atoms with Crippen LogP contribution >= 0.6 is 0 Å². The molecule has 24 heavy (non-hydrogen) atoms. The van der Waals surface area contributed by atoms with E-state index < -0.39 is 9.84 Å². The number of nitrogens with zero attached hydrogens (tertiary/aromatic N) is 1. The second-order valence-electron chi connectivity index (χ2n) is 6.71. The Labute approximate surface area is 146 Å². The van der Waals surface area contributed by atoms with Crippen molar-refractivity contribution < 1.29 is 8.42 Å². The largest absolute Gasteiger partial charge is 0.354 e. The Morgan fingerprint density at radius 3 is 2.25 bits per heavy atom. The Balaban J connectivity index is 2.46. The fraction of sp³-hybridized carbons (Fsp3) is 0.611. The van der Waals surface area contributed by atoms with Gasteiger partial charge in [0, 0.05) is 25.9 Å². The lowest BCUT2D eigenvalue weighted by molar-refractivity contribution is 0.491. The van der Waals surface area contributed by atoms with Crippen LogP contribution in [-0.4, -0.2) is 33.7 Å². The number of nitrogens with one attached hydrogen (secondary N) is 2. The summed E-state index contributed by atoms with van der Waals surface area (Å²) in [6, 6.07) is 7.28. The van der Waals surface area contributed by atoms with Gasteiger partial charge in [0.25, 0.3) is 0 Å². The molecule has 0 aromatic heterocycles. The smallest absolute Gasteiger partial charge is 0.191 e. The average molecular weight is 354 g/mol. The maximum atomic E-state index is 11.5. The van der Waals surface area contributed by atoms with Gasteiger partial charge in [-0.2, -0.15) is 0 Å². The quantitative estimate of drug-likeness (QED) is 0.557. The van der Waals surface area contributed by atoms with E-state index in [1.807, 2.05) is 12.1 Å². The maximum absolute atomic E-state index is 11.5. The molecule has 0 saturated carbocycles. The van der Waals surface area contributed by atoms with Crippen LogP contribution in [0.1, 0.15) is 45.6 Å². The van der Waals surface area contributed by atoms with E-state index in [9.17, 15) is 8.42 Å². The van der Waals surface area contributed by atoms with Gasteiger partial charge in [0.1, 0.15) is 0 Å². The molecule has 0 amide bonds. The zero-order valence-electron chi connectivity index (χ0n) is 15.5. The van der Waals surface area contributed by atoms with Gasteiger partial charge in [0.2, 0.25) is 0 Å². The van der Waals surface area contributed by atoms with E-state index in [0.29, 0.717) is 17.5 Å². The van der Waals surface area contributed by atoms with Crippen LogP contribution in [0.5, 0.6) is 0 Å². The second kappa shape index (κ2) is 9.67. The molecule has 0 aliphatic rings. The zero-order valence-corrected chi connectivity index (χ0v) is 16.3. The normalized spacial score (nSPS) is 13.8. The van der Waals surface area contributed by atoms with Crippen molar-refractivity contribution in [2.24, 2.45) is 10.9 Å². The van der Waals surface area contributed by atoms with Crippen LogP contribution in [0.4, 0.5) is 0 Å². The van der Waals surface area contributed by atoms with Crippen LogP contribution in [0.15, 0.2) is 34.2 Å². The van der Waals surface area contributed by atoms with Crippen molar-refractivity contribution >= 4 is 15.8 Å². The molecule has 136 valence electrons. The molecule has 0 fully saturated rings. The van der Waals surface area contributed by atoms with Crippen molar-refractivity contribution in [1.82, 2.24) is 10.6 Å². The van der Waals surface area contributed by atoms with Gasteiger partial charge in [-0.3, -0.25) is 4.99 Å². The van der Waals surface area contributed by atoms with Gasteiger partial charge in [-0.15, -0.1) is 0 Å². The molecule has 0 heterocycles. The van der Waals surface area contributed by atoms with Crippen LogP contribution in [0, 0.1) is 5.92 Å². The number of hydrogen-bond acceptors (Lipinski definition) is 3. The molecule has 6 heteroatoms. The third kappa shape index (κ3) is 7.81. The monoisotopic (exact) mass is 353 g/mol. The molecule has 1 aromatic rings. The van der Waals surface area contributed by atoms with Gasteiger partial charge >= 0.3 is 0 Å². The van der Waals surface area contributed by atoms with Crippen molar-refractivity contribution in [1.29, 1.82) is 0 Å². The second-order valence-corrected chi connectivity index (χ2v) is 8.73. The number of rotatable bonds is 8. The molecule has 0 aliphatic heterocycles. The molecular weight excluding hydrogens is 322 g/mol. The Hall–Kier alpha value is -1.56.